The van der Waals surface area contributed by atoms with Gasteiger partial charge in [0, 0.05) is 13.1 Å². The first kappa shape index (κ1) is 13.7. The van der Waals surface area contributed by atoms with E-state index < -0.39 is 18.1 Å². The number of hydrogen-bond donors (Lipinski definition) is 4. The highest BCUT2D eigenvalue weighted by molar-refractivity contribution is 5.73. The van der Waals surface area contributed by atoms with Crippen LogP contribution in [0, 0.1) is 0 Å². The Kier molecular flexibility index (Phi) is 7.29. The summed E-state index contributed by atoms with van der Waals surface area (Å²) in [5, 5.41) is 10.9. The minimum Gasteiger partial charge on any atom is -0.480 e. The Hall–Kier alpha value is -1.34. The zero-order chi connectivity index (χ0) is 11.7. The van der Waals surface area contributed by atoms with Crippen LogP contribution >= 0.6 is 0 Å². The van der Waals surface area contributed by atoms with Crippen molar-refractivity contribution in [2.75, 3.05) is 19.7 Å². The highest BCUT2D eigenvalue weighted by atomic mass is 16.5. The van der Waals surface area contributed by atoms with Crippen LogP contribution in [0.5, 0.6) is 0 Å². The van der Waals surface area contributed by atoms with Crippen LogP contribution in [0.2, 0.25) is 0 Å². The number of hydrogen-bond acceptors (Lipinski definition) is 5. The minimum atomic E-state index is -1.04. The number of aliphatic carboxylic acids is 1. The largest absolute Gasteiger partial charge is 0.480 e. The Labute approximate surface area is 87.8 Å². The summed E-state index contributed by atoms with van der Waals surface area (Å²) in [4.78, 5) is 21.2. The number of nitrogens with one attached hydrogen (secondary N) is 1. The number of nitrogens with two attached hydrogens (primary N) is 2. The Morgan fingerprint density at radius 2 is 2.13 bits per heavy atom. The van der Waals surface area contributed by atoms with Crippen molar-refractivity contribution in [1.82, 2.24) is 5.32 Å². The molecule has 0 aromatic carbocycles. The van der Waals surface area contributed by atoms with Gasteiger partial charge in [0.2, 0.25) is 0 Å². The first-order valence-corrected chi connectivity index (χ1v) is 4.67. The van der Waals surface area contributed by atoms with Gasteiger partial charge in [0.15, 0.2) is 0 Å². The summed E-state index contributed by atoms with van der Waals surface area (Å²) >= 11 is 0. The van der Waals surface area contributed by atoms with Gasteiger partial charge in [-0.25, -0.2) is 4.79 Å². The van der Waals surface area contributed by atoms with E-state index in [1.54, 1.807) is 0 Å². The quantitative estimate of drug-likeness (QED) is 0.401. The summed E-state index contributed by atoms with van der Waals surface area (Å²) in [6, 6.07) is -0.883. The fraction of sp³-hybridized carbons (Fsp3) is 0.750. The Morgan fingerprint density at radius 1 is 1.47 bits per heavy atom. The van der Waals surface area contributed by atoms with E-state index in [4.69, 9.17) is 16.6 Å². The molecule has 7 nitrogen and oxygen atoms in total. The molecule has 0 bridgehead atoms. The van der Waals surface area contributed by atoms with Crippen LogP contribution in [0.15, 0.2) is 0 Å². The minimum absolute atomic E-state index is 0.167. The molecule has 0 saturated carbocycles. The molecule has 0 saturated heterocycles. The van der Waals surface area contributed by atoms with Crippen LogP contribution in [0.25, 0.3) is 0 Å². The average molecular weight is 219 g/mol. The number of carbonyl (C=O) groups is 2. The monoisotopic (exact) mass is 219 g/mol. The zero-order valence-corrected chi connectivity index (χ0v) is 8.44. The summed E-state index contributed by atoms with van der Waals surface area (Å²) in [5.74, 6) is -1.04. The van der Waals surface area contributed by atoms with Gasteiger partial charge in [-0.15, -0.1) is 0 Å². The van der Waals surface area contributed by atoms with E-state index in [1.165, 1.54) is 0 Å². The number of rotatable bonds is 7. The lowest BCUT2D eigenvalue weighted by Crippen LogP contribution is -2.32. The van der Waals surface area contributed by atoms with Crippen LogP contribution in [0.1, 0.15) is 12.8 Å². The van der Waals surface area contributed by atoms with Crippen molar-refractivity contribution < 1.29 is 19.4 Å². The molecule has 0 unspecified atom stereocenters. The standard InChI is InChI=1S/C8H17N3O4/c9-3-5-15-8(14)11-4-1-2-6(10)7(12)13/h6H,1-5,9-10H2,(H,11,14)(H,12,13)/t6-/m0/s1. The fourth-order valence-electron chi connectivity index (χ4n) is 0.839. The number of carbonyl (C=O) groups excluding carboxylic acids is 1. The molecule has 15 heavy (non-hydrogen) atoms. The van der Waals surface area contributed by atoms with E-state index in [9.17, 15) is 9.59 Å². The summed E-state index contributed by atoms with van der Waals surface area (Å²) in [5.41, 5.74) is 10.4. The van der Waals surface area contributed by atoms with Crippen molar-refractivity contribution in [2.24, 2.45) is 11.5 Å². The predicted octanol–water partition coefficient (Wildman–Crippen LogP) is -1.14. The lowest BCUT2D eigenvalue weighted by molar-refractivity contribution is -0.138. The van der Waals surface area contributed by atoms with Crippen LogP contribution in [0.3, 0.4) is 0 Å². The van der Waals surface area contributed by atoms with Crippen molar-refractivity contribution >= 4 is 12.1 Å². The van der Waals surface area contributed by atoms with Crippen molar-refractivity contribution in [3.05, 3.63) is 0 Å². The van der Waals surface area contributed by atoms with Crippen LogP contribution < -0.4 is 16.8 Å². The van der Waals surface area contributed by atoms with E-state index >= 15 is 0 Å². The summed E-state index contributed by atoms with van der Waals surface area (Å²) in [6.07, 6.45) is 0.252. The van der Waals surface area contributed by atoms with E-state index in [2.05, 4.69) is 10.1 Å². The first-order chi connectivity index (χ1) is 7.07. The van der Waals surface area contributed by atoms with Gasteiger partial charge in [-0.1, -0.05) is 0 Å². The molecule has 0 radical (unpaired) electrons. The molecule has 1 amide bonds. The summed E-state index contributed by atoms with van der Waals surface area (Å²) in [7, 11) is 0. The van der Waals surface area contributed by atoms with Gasteiger partial charge in [-0.3, -0.25) is 4.79 Å². The highest BCUT2D eigenvalue weighted by Gasteiger charge is 2.10. The lowest BCUT2D eigenvalue weighted by atomic mass is 10.2. The molecule has 0 aliphatic carbocycles. The lowest BCUT2D eigenvalue weighted by Gasteiger charge is -2.07. The Bertz CT molecular complexity index is 210. The average Bonchev–Trinajstić information content (AvgIpc) is 2.20. The molecule has 0 aliphatic heterocycles. The van der Waals surface area contributed by atoms with Crippen LogP contribution in [0.4, 0.5) is 4.79 Å². The molecule has 88 valence electrons. The normalized spacial score (nSPS) is 11.9. The third-order valence-electron chi connectivity index (χ3n) is 1.63. The zero-order valence-electron chi connectivity index (χ0n) is 8.44. The third kappa shape index (κ3) is 7.71. The number of carboxylic acid groups (broad SMARTS) is 1. The maximum absolute atomic E-state index is 10.8. The molecule has 1 atom stereocenters. The van der Waals surface area contributed by atoms with Crippen LogP contribution in [-0.4, -0.2) is 42.9 Å². The molecule has 0 spiro atoms. The fourth-order valence-corrected chi connectivity index (χ4v) is 0.839. The highest BCUT2D eigenvalue weighted by Crippen LogP contribution is 1.93. The second-order valence-corrected chi connectivity index (χ2v) is 2.94. The molecular formula is C8H17N3O4. The van der Waals surface area contributed by atoms with E-state index in [0.29, 0.717) is 19.4 Å². The Balaban J connectivity index is 3.38. The molecule has 6 N–H and O–H groups in total. The van der Waals surface area contributed by atoms with E-state index in [-0.39, 0.29) is 13.2 Å². The van der Waals surface area contributed by atoms with Crippen molar-refractivity contribution in [1.29, 1.82) is 0 Å². The smallest absolute Gasteiger partial charge is 0.407 e. The first-order valence-electron chi connectivity index (χ1n) is 4.67. The van der Waals surface area contributed by atoms with Crippen LogP contribution in [-0.2, 0) is 9.53 Å². The van der Waals surface area contributed by atoms with Gasteiger partial charge in [0.05, 0.1) is 0 Å². The summed E-state index contributed by atoms with van der Waals surface area (Å²) in [6.45, 7) is 0.780. The van der Waals surface area contributed by atoms with Gasteiger partial charge in [-0.05, 0) is 12.8 Å². The van der Waals surface area contributed by atoms with Crippen molar-refractivity contribution in [2.45, 2.75) is 18.9 Å². The van der Waals surface area contributed by atoms with E-state index in [0.717, 1.165) is 0 Å². The molecular weight excluding hydrogens is 202 g/mol. The Morgan fingerprint density at radius 3 is 2.67 bits per heavy atom. The molecule has 7 heteroatoms. The molecule has 0 heterocycles. The topological polar surface area (TPSA) is 128 Å². The number of alkyl carbamates (subject to hydrolysis) is 1. The maximum Gasteiger partial charge on any atom is 0.407 e. The second kappa shape index (κ2) is 8.01. The van der Waals surface area contributed by atoms with Gasteiger partial charge in [0.25, 0.3) is 0 Å². The molecule has 0 fully saturated rings. The SMILES string of the molecule is NCCOC(=O)NCCC[C@H](N)C(=O)O. The van der Waals surface area contributed by atoms with Gasteiger partial charge in [-0.2, -0.15) is 0 Å². The third-order valence-corrected chi connectivity index (χ3v) is 1.63. The van der Waals surface area contributed by atoms with Gasteiger partial charge >= 0.3 is 12.1 Å². The number of carboxylic acids is 1. The second-order valence-electron chi connectivity index (χ2n) is 2.94. The molecule has 0 aliphatic rings. The summed E-state index contributed by atoms with van der Waals surface area (Å²) < 4.78 is 4.62. The van der Waals surface area contributed by atoms with Crippen molar-refractivity contribution in [3.8, 4) is 0 Å². The maximum atomic E-state index is 10.8. The molecule has 0 aromatic rings. The molecule has 0 rings (SSSR count). The van der Waals surface area contributed by atoms with Gasteiger partial charge in [0.1, 0.15) is 12.6 Å². The number of ether oxygens (including phenoxy) is 1. The van der Waals surface area contributed by atoms with E-state index in [1.807, 2.05) is 0 Å². The molecule has 0 aromatic heterocycles. The predicted molar refractivity (Wildman–Crippen MR) is 53.3 cm³/mol. The van der Waals surface area contributed by atoms with Crippen molar-refractivity contribution in [3.63, 3.8) is 0 Å². The number of amides is 1. The van der Waals surface area contributed by atoms with Gasteiger partial charge < -0.3 is 26.6 Å².